The maximum absolute atomic E-state index is 13.7. The maximum atomic E-state index is 13.7. The summed E-state index contributed by atoms with van der Waals surface area (Å²) in [4.78, 5) is 10.4. The molecule has 12 heteroatoms. The smallest absolute Gasteiger partial charge is 0.455 e. The molecule has 1 aliphatic heterocycles. The summed E-state index contributed by atoms with van der Waals surface area (Å²) in [6.07, 6.45) is 1.41. The SMILES string of the molecule is C=C(Nc1cccnc1)NC1CCN(c2nccc(Oc3ccc(F)c(OC(F)(F)F)c3)c2Cl)CC1. The summed E-state index contributed by atoms with van der Waals surface area (Å²) in [6.45, 7) is 5.30. The molecule has 0 bridgehead atoms. The summed E-state index contributed by atoms with van der Waals surface area (Å²) < 4.78 is 60.6. The van der Waals surface area contributed by atoms with Crippen molar-refractivity contribution in [1.82, 2.24) is 15.3 Å². The number of ether oxygens (including phenoxy) is 2. The van der Waals surface area contributed by atoms with Gasteiger partial charge in [0, 0.05) is 43.7 Å². The Bertz CT molecular complexity index is 1200. The van der Waals surface area contributed by atoms with Crippen LogP contribution in [0.2, 0.25) is 5.02 Å². The van der Waals surface area contributed by atoms with Crippen molar-refractivity contribution in [2.75, 3.05) is 23.3 Å². The number of pyridine rings is 2. The van der Waals surface area contributed by atoms with Gasteiger partial charge in [0.05, 0.1) is 17.7 Å². The topological polar surface area (TPSA) is 71.5 Å². The third-order valence-corrected chi connectivity index (χ3v) is 5.68. The largest absolute Gasteiger partial charge is 0.573 e. The molecular weight excluding hydrogens is 502 g/mol. The van der Waals surface area contributed by atoms with E-state index in [1.54, 1.807) is 12.4 Å². The number of rotatable bonds is 8. The molecule has 4 rings (SSSR count). The minimum Gasteiger partial charge on any atom is -0.455 e. The van der Waals surface area contributed by atoms with Gasteiger partial charge in [0.15, 0.2) is 23.1 Å². The van der Waals surface area contributed by atoms with Gasteiger partial charge in [-0.05, 0) is 37.1 Å². The molecule has 1 saturated heterocycles. The molecule has 0 aliphatic carbocycles. The lowest BCUT2D eigenvalue weighted by Gasteiger charge is -2.34. The van der Waals surface area contributed by atoms with Crippen LogP contribution < -0.4 is 25.0 Å². The lowest BCUT2D eigenvalue weighted by atomic mass is 10.1. The fourth-order valence-electron chi connectivity index (χ4n) is 3.72. The van der Waals surface area contributed by atoms with Crippen molar-refractivity contribution in [2.24, 2.45) is 0 Å². The lowest BCUT2D eigenvalue weighted by Crippen LogP contribution is -2.43. The van der Waals surface area contributed by atoms with Gasteiger partial charge >= 0.3 is 6.36 Å². The highest BCUT2D eigenvalue weighted by Gasteiger charge is 2.32. The van der Waals surface area contributed by atoms with E-state index in [1.807, 2.05) is 17.0 Å². The number of nitrogens with one attached hydrogen (secondary N) is 2. The number of nitrogens with zero attached hydrogens (tertiary/aromatic N) is 3. The Hall–Kier alpha value is -3.73. The van der Waals surface area contributed by atoms with Crippen LogP contribution in [-0.4, -0.2) is 35.5 Å². The molecule has 0 saturated carbocycles. The highest BCUT2D eigenvalue weighted by Crippen LogP contribution is 2.38. The van der Waals surface area contributed by atoms with E-state index < -0.39 is 17.9 Å². The van der Waals surface area contributed by atoms with Gasteiger partial charge in [-0.3, -0.25) is 4.98 Å². The molecule has 7 nitrogen and oxygen atoms in total. The summed E-state index contributed by atoms with van der Waals surface area (Å²) in [5, 5.41) is 6.72. The highest BCUT2D eigenvalue weighted by molar-refractivity contribution is 6.34. The van der Waals surface area contributed by atoms with Crippen molar-refractivity contribution in [2.45, 2.75) is 25.2 Å². The van der Waals surface area contributed by atoms with Gasteiger partial charge in [0.2, 0.25) is 0 Å². The molecule has 2 N–H and O–H groups in total. The Labute approximate surface area is 209 Å². The molecule has 0 radical (unpaired) electrons. The molecule has 0 spiro atoms. The first-order chi connectivity index (χ1) is 17.2. The zero-order valence-electron chi connectivity index (χ0n) is 18.9. The van der Waals surface area contributed by atoms with Crippen LogP contribution in [0.15, 0.2) is 67.4 Å². The van der Waals surface area contributed by atoms with Gasteiger partial charge in [-0.1, -0.05) is 18.2 Å². The van der Waals surface area contributed by atoms with Gasteiger partial charge in [0.1, 0.15) is 10.8 Å². The number of piperidine rings is 1. The van der Waals surface area contributed by atoms with Crippen molar-refractivity contribution in [3.63, 3.8) is 0 Å². The first kappa shape index (κ1) is 25.4. The van der Waals surface area contributed by atoms with Crippen LogP contribution in [0.5, 0.6) is 17.2 Å². The minimum absolute atomic E-state index is 0.0720. The Morgan fingerprint density at radius 3 is 2.58 bits per heavy atom. The summed E-state index contributed by atoms with van der Waals surface area (Å²) in [5.74, 6) is -0.927. The number of hydrogen-bond acceptors (Lipinski definition) is 7. The van der Waals surface area contributed by atoms with Crippen LogP contribution >= 0.6 is 11.6 Å². The number of hydrogen-bond donors (Lipinski definition) is 2. The van der Waals surface area contributed by atoms with E-state index in [9.17, 15) is 17.6 Å². The average Bonchev–Trinajstić information content (AvgIpc) is 2.83. The number of benzene rings is 1. The molecule has 3 heterocycles. The minimum atomic E-state index is -5.04. The van der Waals surface area contributed by atoms with Crippen molar-refractivity contribution in [3.05, 3.63) is 78.2 Å². The standard InChI is InChI=1S/C24H22ClF4N5O2/c1-15(33-17-3-2-9-30-14-17)32-16-7-11-34(12-8-16)23-22(25)20(6-10-31-23)35-18-4-5-19(26)21(13-18)36-24(27,28)29/h2-6,9-10,13-14,16,32-33H,1,7-8,11-12H2. The maximum Gasteiger partial charge on any atom is 0.573 e. The predicted molar refractivity (Wildman–Crippen MR) is 128 cm³/mol. The Balaban J connectivity index is 1.37. The van der Waals surface area contributed by atoms with Crippen LogP contribution in [0.4, 0.5) is 29.1 Å². The van der Waals surface area contributed by atoms with Crippen molar-refractivity contribution < 1.29 is 27.0 Å². The monoisotopic (exact) mass is 523 g/mol. The number of halogens is 5. The molecule has 1 aliphatic rings. The lowest BCUT2D eigenvalue weighted by molar-refractivity contribution is -0.275. The molecule has 0 amide bonds. The van der Waals surface area contributed by atoms with Gasteiger partial charge in [0.25, 0.3) is 0 Å². The van der Waals surface area contributed by atoms with Crippen molar-refractivity contribution in [3.8, 4) is 17.2 Å². The normalized spacial score (nSPS) is 14.3. The van der Waals surface area contributed by atoms with Crippen LogP contribution in [0.3, 0.4) is 0 Å². The summed E-state index contributed by atoms with van der Waals surface area (Å²) in [7, 11) is 0. The quantitative estimate of drug-likeness (QED) is 0.346. The van der Waals surface area contributed by atoms with E-state index in [0.29, 0.717) is 24.7 Å². The van der Waals surface area contributed by atoms with Crippen LogP contribution in [0, 0.1) is 5.82 Å². The fraction of sp³-hybridized carbons (Fsp3) is 0.250. The van der Waals surface area contributed by atoms with E-state index in [1.165, 1.54) is 18.3 Å². The zero-order chi connectivity index (χ0) is 25.7. The second-order valence-corrected chi connectivity index (χ2v) is 8.32. The molecule has 1 aromatic carbocycles. The second-order valence-electron chi connectivity index (χ2n) is 7.94. The number of aromatic nitrogens is 2. The predicted octanol–water partition coefficient (Wildman–Crippen LogP) is 6.10. The highest BCUT2D eigenvalue weighted by atomic mass is 35.5. The molecule has 3 aromatic rings. The van der Waals surface area contributed by atoms with E-state index in [0.717, 1.165) is 30.7 Å². The van der Waals surface area contributed by atoms with E-state index in [4.69, 9.17) is 16.3 Å². The third-order valence-electron chi connectivity index (χ3n) is 5.32. The van der Waals surface area contributed by atoms with Gasteiger partial charge < -0.3 is 25.0 Å². The Morgan fingerprint density at radius 1 is 1.11 bits per heavy atom. The van der Waals surface area contributed by atoms with E-state index in [2.05, 4.69) is 31.9 Å². The third kappa shape index (κ3) is 6.69. The number of alkyl halides is 3. The molecule has 2 aromatic heterocycles. The summed E-state index contributed by atoms with van der Waals surface area (Å²) in [6, 6.07) is 8.18. The van der Waals surface area contributed by atoms with Crippen molar-refractivity contribution >= 4 is 23.1 Å². The van der Waals surface area contributed by atoms with E-state index >= 15 is 0 Å². The first-order valence-electron chi connectivity index (χ1n) is 10.9. The van der Waals surface area contributed by atoms with Crippen LogP contribution in [-0.2, 0) is 0 Å². The van der Waals surface area contributed by atoms with Crippen molar-refractivity contribution in [1.29, 1.82) is 0 Å². The van der Waals surface area contributed by atoms with Crippen LogP contribution in [0.1, 0.15) is 12.8 Å². The first-order valence-corrected chi connectivity index (χ1v) is 11.3. The molecule has 36 heavy (non-hydrogen) atoms. The Morgan fingerprint density at radius 2 is 1.89 bits per heavy atom. The molecular formula is C24H22ClF4N5O2. The van der Waals surface area contributed by atoms with Gasteiger partial charge in [-0.15, -0.1) is 13.2 Å². The summed E-state index contributed by atoms with van der Waals surface area (Å²) in [5.41, 5.74) is 0.832. The molecule has 1 fully saturated rings. The number of anilines is 2. The van der Waals surface area contributed by atoms with Gasteiger partial charge in [-0.25, -0.2) is 9.37 Å². The van der Waals surface area contributed by atoms with Crippen LogP contribution in [0.25, 0.3) is 0 Å². The van der Waals surface area contributed by atoms with E-state index in [-0.39, 0.29) is 22.6 Å². The fourth-order valence-corrected chi connectivity index (χ4v) is 3.99. The average molecular weight is 524 g/mol. The zero-order valence-corrected chi connectivity index (χ0v) is 19.6. The Kier molecular flexibility index (Phi) is 7.68. The second kappa shape index (κ2) is 10.9. The summed E-state index contributed by atoms with van der Waals surface area (Å²) >= 11 is 6.52. The molecule has 0 atom stereocenters. The molecule has 190 valence electrons. The van der Waals surface area contributed by atoms with Gasteiger partial charge in [-0.2, -0.15) is 0 Å². The molecule has 0 unspecified atom stereocenters.